The summed E-state index contributed by atoms with van der Waals surface area (Å²) < 4.78 is 0. The number of benzene rings is 1. The maximum atomic E-state index is 3.87. The summed E-state index contributed by atoms with van der Waals surface area (Å²) in [6, 6.07) is 11.5. The summed E-state index contributed by atoms with van der Waals surface area (Å²) in [4.78, 5) is 2.55. The van der Waals surface area contributed by atoms with E-state index in [0.29, 0.717) is 17.1 Å². The smallest absolute Gasteiger partial charge is 0.0233 e. The first-order valence-corrected chi connectivity index (χ1v) is 7.52. The molecule has 2 nitrogen and oxygen atoms in total. The first-order valence-electron chi connectivity index (χ1n) is 7.52. The molecule has 1 aromatic carbocycles. The third-order valence-electron chi connectivity index (χ3n) is 5.10. The van der Waals surface area contributed by atoms with Crippen LogP contribution >= 0.6 is 0 Å². The van der Waals surface area contributed by atoms with Gasteiger partial charge in [0.15, 0.2) is 0 Å². The van der Waals surface area contributed by atoms with E-state index in [1.54, 1.807) is 0 Å². The first-order chi connectivity index (χ1) is 8.98. The van der Waals surface area contributed by atoms with Gasteiger partial charge >= 0.3 is 0 Å². The Bertz CT molecular complexity index is 426. The van der Waals surface area contributed by atoms with Crippen LogP contribution < -0.4 is 5.32 Å². The highest BCUT2D eigenvalue weighted by molar-refractivity contribution is 5.15. The molecule has 0 radical (unpaired) electrons. The average molecular weight is 258 g/mol. The van der Waals surface area contributed by atoms with E-state index in [9.17, 15) is 0 Å². The van der Waals surface area contributed by atoms with E-state index in [1.165, 1.54) is 31.2 Å². The number of nitrogens with one attached hydrogen (secondary N) is 1. The standard InChI is InChI=1S/C17H26N2/c1-16-9-10-17(2,18-16)12-15(11-16)19(3)13-14-7-5-4-6-8-14/h4-8,15,18H,9-13H2,1-3H3/t15-,16-,17+. The molecule has 3 atom stereocenters. The average Bonchev–Trinajstić information content (AvgIpc) is 2.59. The highest BCUT2D eigenvalue weighted by Crippen LogP contribution is 2.43. The number of piperidine rings is 1. The Hall–Kier alpha value is -0.860. The first kappa shape index (κ1) is 13.1. The van der Waals surface area contributed by atoms with Crippen LogP contribution in [0.5, 0.6) is 0 Å². The Balaban J connectivity index is 1.69. The topological polar surface area (TPSA) is 15.3 Å². The normalized spacial score (nSPS) is 37.8. The predicted octanol–water partition coefficient (Wildman–Crippen LogP) is 3.18. The lowest BCUT2D eigenvalue weighted by Crippen LogP contribution is -2.58. The van der Waals surface area contributed by atoms with Gasteiger partial charge in [0.25, 0.3) is 0 Å². The molecule has 0 amide bonds. The molecular formula is C17H26N2. The molecule has 1 N–H and O–H groups in total. The van der Waals surface area contributed by atoms with Crippen LogP contribution in [0.2, 0.25) is 0 Å². The van der Waals surface area contributed by atoms with Gasteiger partial charge in [0, 0.05) is 23.7 Å². The Morgan fingerprint density at radius 2 is 1.68 bits per heavy atom. The van der Waals surface area contributed by atoms with Gasteiger partial charge in [-0.15, -0.1) is 0 Å². The van der Waals surface area contributed by atoms with Crippen LogP contribution in [-0.4, -0.2) is 29.1 Å². The molecule has 0 unspecified atom stereocenters. The number of rotatable bonds is 3. The summed E-state index contributed by atoms with van der Waals surface area (Å²) in [6.45, 7) is 5.87. The molecule has 2 saturated heterocycles. The van der Waals surface area contributed by atoms with E-state index in [4.69, 9.17) is 0 Å². The van der Waals surface area contributed by atoms with Gasteiger partial charge in [-0.1, -0.05) is 30.3 Å². The summed E-state index contributed by atoms with van der Waals surface area (Å²) in [7, 11) is 2.29. The zero-order valence-corrected chi connectivity index (χ0v) is 12.4. The van der Waals surface area contributed by atoms with Crippen molar-refractivity contribution in [3.05, 3.63) is 35.9 Å². The SMILES string of the molecule is CN(Cc1ccccc1)[C@H]1C[C@]2(C)CC[C@](C)(C1)N2. The van der Waals surface area contributed by atoms with Crippen molar-refractivity contribution in [1.82, 2.24) is 10.2 Å². The molecule has 2 aliphatic rings. The van der Waals surface area contributed by atoms with Gasteiger partial charge in [0.1, 0.15) is 0 Å². The van der Waals surface area contributed by atoms with E-state index in [1.807, 2.05) is 0 Å². The number of fused-ring (bicyclic) bond motifs is 2. The lowest BCUT2D eigenvalue weighted by Gasteiger charge is -2.45. The van der Waals surface area contributed by atoms with Crippen molar-refractivity contribution in [1.29, 1.82) is 0 Å². The van der Waals surface area contributed by atoms with Crippen LogP contribution in [0.25, 0.3) is 0 Å². The molecule has 2 heterocycles. The van der Waals surface area contributed by atoms with Gasteiger partial charge in [0.05, 0.1) is 0 Å². The third-order valence-corrected chi connectivity index (χ3v) is 5.10. The van der Waals surface area contributed by atoms with Gasteiger partial charge in [-0.05, 0) is 52.1 Å². The monoisotopic (exact) mass is 258 g/mol. The van der Waals surface area contributed by atoms with E-state index in [-0.39, 0.29) is 0 Å². The molecule has 104 valence electrons. The molecule has 3 rings (SSSR count). The number of hydrogen-bond donors (Lipinski definition) is 1. The van der Waals surface area contributed by atoms with E-state index < -0.39 is 0 Å². The van der Waals surface area contributed by atoms with Crippen molar-refractivity contribution in [3.63, 3.8) is 0 Å². The van der Waals surface area contributed by atoms with E-state index in [2.05, 4.69) is 61.4 Å². The van der Waals surface area contributed by atoms with Gasteiger partial charge in [0.2, 0.25) is 0 Å². The molecule has 2 aliphatic heterocycles. The number of hydrogen-bond acceptors (Lipinski definition) is 2. The minimum atomic E-state index is 0.364. The van der Waals surface area contributed by atoms with Gasteiger partial charge < -0.3 is 5.32 Å². The molecular weight excluding hydrogens is 232 g/mol. The van der Waals surface area contributed by atoms with Crippen LogP contribution in [0.15, 0.2) is 30.3 Å². The van der Waals surface area contributed by atoms with Gasteiger partial charge in [-0.2, -0.15) is 0 Å². The zero-order chi connectivity index (χ0) is 13.5. The predicted molar refractivity (Wildman–Crippen MR) is 80.1 cm³/mol. The fourth-order valence-electron chi connectivity index (χ4n) is 4.14. The van der Waals surface area contributed by atoms with Gasteiger partial charge in [-0.25, -0.2) is 0 Å². The quantitative estimate of drug-likeness (QED) is 0.896. The summed E-state index contributed by atoms with van der Waals surface area (Å²) in [5.74, 6) is 0. The zero-order valence-electron chi connectivity index (χ0n) is 12.4. The molecule has 0 spiro atoms. The fraction of sp³-hybridized carbons (Fsp3) is 0.647. The van der Waals surface area contributed by atoms with E-state index in [0.717, 1.165) is 6.54 Å². The van der Waals surface area contributed by atoms with Crippen LogP contribution in [-0.2, 0) is 6.54 Å². The highest BCUT2D eigenvalue weighted by Gasteiger charge is 2.49. The van der Waals surface area contributed by atoms with Crippen molar-refractivity contribution >= 4 is 0 Å². The maximum absolute atomic E-state index is 3.87. The van der Waals surface area contributed by atoms with Crippen molar-refractivity contribution in [2.24, 2.45) is 0 Å². The minimum Gasteiger partial charge on any atom is -0.306 e. The van der Waals surface area contributed by atoms with E-state index >= 15 is 0 Å². The van der Waals surface area contributed by atoms with Crippen molar-refractivity contribution in [2.75, 3.05) is 7.05 Å². The Labute approximate surface area is 117 Å². The molecule has 0 aromatic heterocycles. The summed E-state index contributed by atoms with van der Waals surface area (Å²) in [6.07, 6.45) is 5.23. The molecule has 0 saturated carbocycles. The summed E-state index contributed by atoms with van der Waals surface area (Å²) in [5.41, 5.74) is 2.15. The molecule has 0 aliphatic carbocycles. The van der Waals surface area contributed by atoms with Crippen LogP contribution in [0.1, 0.15) is 45.1 Å². The second-order valence-corrected chi connectivity index (χ2v) is 7.21. The van der Waals surface area contributed by atoms with Crippen LogP contribution in [0.4, 0.5) is 0 Å². The van der Waals surface area contributed by atoms with Crippen LogP contribution in [0.3, 0.4) is 0 Å². The summed E-state index contributed by atoms with van der Waals surface area (Å²) in [5, 5.41) is 3.87. The molecule has 1 aromatic rings. The minimum absolute atomic E-state index is 0.364. The largest absolute Gasteiger partial charge is 0.306 e. The second kappa shape index (κ2) is 4.60. The molecule has 2 heteroatoms. The summed E-state index contributed by atoms with van der Waals surface area (Å²) >= 11 is 0. The Morgan fingerprint density at radius 1 is 1.11 bits per heavy atom. The second-order valence-electron chi connectivity index (χ2n) is 7.21. The van der Waals surface area contributed by atoms with Crippen LogP contribution in [0, 0.1) is 0 Å². The third kappa shape index (κ3) is 2.70. The Kier molecular flexibility index (Phi) is 3.18. The van der Waals surface area contributed by atoms with Gasteiger partial charge in [-0.3, -0.25) is 4.90 Å². The molecule has 19 heavy (non-hydrogen) atoms. The maximum Gasteiger partial charge on any atom is 0.0233 e. The molecule has 2 bridgehead atoms. The number of nitrogens with zero attached hydrogens (tertiary/aromatic N) is 1. The lowest BCUT2D eigenvalue weighted by molar-refractivity contribution is 0.104. The molecule has 2 fully saturated rings. The van der Waals surface area contributed by atoms with Crippen molar-refractivity contribution in [3.8, 4) is 0 Å². The van der Waals surface area contributed by atoms with Crippen molar-refractivity contribution in [2.45, 2.75) is 63.2 Å². The van der Waals surface area contributed by atoms with Crippen molar-refractivity contribution < 1.29 is 0 Å². The Morgan fingerprint density at radius 3 is 2.26 bits per heavy atom. The highest BCUT2D eigenvalue weighted by atomic mass is 15.2. The lowest BCUT2D eigenvalue weighted by atomic mass is 9.84. The fourth-order valence-corrected chi connectivity index (χ4v) is 4.14.